The molecule has 0 spiro atoms. The van der Waals surface area contributed by atoms with E-state index in [2.05, 4.69) is 12.2 Å². The third-order valence-electron chi connectivity index (χ3n) is 3.59. The minimum Gasteiger partial charge on any atom is -0.377 e. The van der Waals surface area contributed by atoms with Crippen molar-refractivity contribution in [3.63, 3.8) is 0 Å². The summed E-state index contributed by atoms with van der Waals surface area (Å²) < 4.78 is 26.6. The van der Waals surface area contributed by atoms with Gasteiger partial charge in [0.25, 0.3) is 0 Å². The lowest BCUT2D eigenvalue weighted by Crippen LogP contribution is -2.25. The van der Waals surface area contributed by atoms with Crippen molar-refractivity contribution in [2.24, 2.45) is 5.92 Å². The van der Waals surface area contributed by atoms with Crippen LogP contribution in [0.3, 0.4) is 0 Å². The first-order valence-corrected chi connectivity index (χ1v) is 6.37. The lowest BCUT2D eigenvalue weighted by atomic mass is 9.87. The fourth-order valence-electron chi connectivity index (χ4n) is 2.49. The normalized spacial score (nSPS) is 23.1. The Hall–Kier alpha value is -1.72. The maximum Gasteiger partial charge on any atom is 0.327 e. The molecule has 0 saturated heterocycles. The quantitative estimate of drug-likeness (QED) is 0.670. The van der Waals surface area contributed by atoms with Gasteiger partial charge in [0.05, 0.1) is 4.92 Å². The van der Waals surface area contributed by atoms with Gasteiger partial charge in [0.15, 0.2) is 0 Å². The Kier molecular flexibility index (Phi) is 3.97. The highest BCUT2D eigenvalue weighted by atomic mass is 19.1. The minimum absolute atomic E-state index is 0.0381. The summed E-state index contributed by atoms with van der Waals surface area (Å²) in [6, 6.07) is 1.56. The highest BCUT2D eigenvalue weighted by Crippen LogP contribution is 2.32. The van der Waals surface area contributed by atoms with Gasteiger partial charge in [0.2, 0.25) is 5.82 Å². The van der Waals surface area contributed by atoms with Gasteiger partial charge in [-0.15, -0.1) is 0 Å². The number of rotatable bonds is 3. The summed E-state index contributed by atoms with van der Waals surface area (Å²) in [5, 5.41) is 13.8. The predicted octanol–water partition coefficient (Wildman–Crippen LogP) is 3.86. The number of hydrogen-bond donors (Lipinski definition) is 1. The molecular weight excluding hydrogens is 254 g/mol. The summed E-state index contributed by atoms with van der Waals surface area (Å²) in [7, 11) is 0. The first-order chi connectivity index (χ1) is 8.97. The smallest absolute Gasteiger partial charge is 0.327 e. The molecular formula is C13H16F2N2O2. The lowest BCUT2D eigenvalue weighted by Gasteiger charge is -2.27. The van der Waals surface area contributed by atoms with Crippen LogP contribution in [0.4, 0.5) is 20.2 Å². The van der Waals surface area contributed by atoms with Gasteiger partial charge in [-0.3, -0.25) is 10.1 Å². The molecule has 1 aromatic carbocycles. The molecule has 0 aromatic heterocycles. The van der Waals surface area contributed by atoms with E-state index in [1.807, 2.05) is 0 Å². The number of hydrogen-bond acceptors (Lipinski definition) is 3. The standard InChI is InChI=1S/C13H16F2N2O2/c1-8-2-4-10(5-3-8)16-12-7-9(14)6-11(15)13(12)17(18)19/h6-8,10,16H,2-5H2,1H3. The van der Waals surface area contributed by atoms with E-state index in [0.717, 1.165) is 31.7 Å². The number of benzene rings is 1. The van der Waals surface area contributed by atoms with Crippen molar-refractivity contribution in [3.05, 3.63) is 33.9 Å². The summed E-state index contributed by atoms with van der Waals surface area (Å²) in [4.78, 5) is 10.0. The number of anilines is 1. The highest BCUT2D eigenvalue weighted by Gasteiger charge is 2.25. The first-order valence-electron chi connectivity index (χ1n) is 6.37. The van der Waals surface area contributed by atoms with Crippen molar-refractivity contribution in [2.45, 2.75) is 38.6 Å². The number of nitro benzene ring substituents is 1. The Labute approximate surface area is 110 Å². The molecule has 0 heterocycles. The van der Waals surface area contributed by atoms with Gasteiger partial charge >= 0.3 is 5.69 Å². The molecule has 4 nitrogen and oxygen atoms in total. The Morgan fingerprint density at radius 2 is 1.89 bits per heavy atom. The summed E-state index contributed by atoms with van der Waals surface area (Å²) in [5.41, 5.74) is -0.748. The molecule has 19 heavy (non-hydrogen) atoms. The third kappa shape index (κ3) is 3.19. The average molecular weight is 270 g/mol. The zero-order valence-corrected chi connectivity index (χ0v) is 10.7. The molecule has 104 valence electrons. The summed E-state index contributed by atoms with van der Waals surface area (Å²) in [6.45, 7) is 2.15. The third-order valence-corrected chi connectivity index (χ3v) is 3.59. The van der Waals surface area contributed by atoms with Crippen LogP contribution in [0.15, 0.2) is 12.1 Å². The Morgan fingerprint density at radius 3 is 2.47 bits per heavy atom. The predicted molar refractivity (Wildman–Crippen MR) is 68.1 cm³/mol. The summed E-state index contributed by atoms with van der Waals surface area (Å²) >= 11 is 0. The Balaban J connectivity index is 2.21. The molecule has 1 N–H and O–H groups in total. The van der Waals surface area contributed by atoms with Crippen LogP contribution in [-0.4, -0.2) is 11.0 Å². The molecule has 0 amide bonds. The molecule has 1 aliphatic rings. The maximum atomic E-state index is 13.5. The molecule has 1 saturated carbocycles. The molecule has 0 radical (unpaired) electrons. The van der Waals surface area contributed by atoms with E-state index in [1.54, 1.807) is 0 Å². The molecule has 0 bridgehead atoms. The number of nitrogens with zero attached hydrogens (tertiary/aromatic N) is 1. The van der Waals surface area contributed by atoms with Gasteiger partial charge in [-0.25, -0.2) is 4.39 Å². The molecule has 0 unspecified atom stereocenters. The van der Waals surface area contributed by atoms with Gasteiger partial charge < -0.3 is 5.32 Å². The van der Waals surface area contributed by atoms with E-state index in [-0.39, 0.29) is 11.7 Å². The van der Waals surface area contributed by atoms with Gasteiger partial charge in [-0.1, -0.05) is 6.92 Å². The topological polar surface area (TPSA) is 55.2 Å². The van der Waals surface area contributed by atoms with Crippen molar-refractivity contribution in [1.29, 1.82) is 0 Å². The van der Waals surface area contributed by atoms with Crippen molar-refractivity contribution in [2.75, 3.05) is 5.32 Å². The molecule has 6 heteroatoms. The van der Waals surface area contributed by atoms with Crippen molar-refractivity contribution >= 4 is 11.4 Å². The lowest BCUT2D eigenvalue weighted by molar-refractivity contribution is -0.386. The Bertz CT molecular complexity index is 486. The largest absolute Gasteiger partial charge is 0.377 e. The van der Waals surface area contributed by atoms with Crippen LogP contribution in [0.1, 0.15) is 32.6 Å². The second-order valence-corrected chi connectivity index (χ2v) is 5.14. The van der Waals surface area contributed by atoms with Crippen LogP contribution < -0.4 is 5.32 Å². The average Bonchev–Trinajstić information content (AvgIpc) is 2.30. The number of nitrogens with one attached hydrogen (secondary N) is 1. The van der Waals surface area contributed by atoms with E-state index < -0.39 is 22.2 Å². The molecule has 1 fully saturated rings. The fourth-order valence-corrected chi connectivity index (χ4v) is 2.49. The maximum absolute atomic E-state index is 13.5. The first kappa shape index (κ1) is 13.7. The van der Waals surface area contributed by atoms with Gasteiger partial charge in [-0.05, 0) is 31.6 Å². The molecule has 0 aliphatic heterocycles. The van der Waals surface area contributed by atoms with Crippen LogP contribution >= 0.6 is 0 Å². The SMILES string of the molecule is CC1CCC(Nc2cc(F)cc(F)c2[N+](=O)[O-])CC1. The fraction of sp³-hybridized carbons (Fsp3) is 0.538. The van der Waals surface area contributed by atoms with Crippen molar-refractivity contribution in [3.8, 4) is 0 Å². The number of halogens is 2. The molecule has 2 rings (SSSR count). The van der Waals surface area contributed by atoms with Crippen LogP contribution in [0, 0.1) is 27.7 Å². The van der Waals surface area contributed by atoms with E-state index in [1.165, 1.54) is 0 Å². The van der Waals surface area contributed by atoms with Gasteiger partial charge in [0, 0.05) is 18.2 Å². The van der Waals surface area contributed by atoms with E-state index in [9.17, 15) is 18.9 Å². The van der Waals surface area contributed by atoms with Gasteiger partial charge in [0.1, 0.15) is 11.5 Å². The zero-order valence-electron chi connectivity index (χ0n) is 10.7. The van der Waals surface area contributed by atoms with Crippen LogP contribution in [0.25, 0.3) is 0 Å². The Morgan fingerprint density at radius 1 is 1.26 bits per heavy atom. The molecule has 0 atom stereocenters. The number of nitro groups is 1. The van der Waals surface area contributed by atoms with Gasteiger partial charge in [-0.2, -0.15) is 4.39 Å². The zero-order chi connectivity index (χ0) is 14.0. The van der Waals surface area contributed by atoms with E-state index in [0.29, 0.717) is 12.0 Å². The second-order valence-electron chi connectivity index (χ2n) is 5.14. The molecule has 1 aromatic rings. The van der Waals surface area contributed by atoms with Crippen LogP contribution in [0.5, 0.6) is 0 Å². The monoisotopic (exact) mass is 270 g/mol. The minimum atomic E-state index is -1.14. The highest BCUT2D eigenvalue weighted by molar-refractivity contribution is 5.62. The van der Waals surface area contributed by atoms with Crippen molar-refractivity contribution in [1.82, 2.24) is 0 Å². The van der Waals surface area contributed by atoms with E-state index >= 15 is 0 Å². The summed E-state index contributed by atoms with van der Waals surface area (Å²) in [6.07, 6.45) is 3.75. The summed E-state index contributed by atoms with van der Waals surface area (Å²) in [5.74, 6) is -1.32. The molecule has 1 aliphatic carbocycles. The van der Waals surface area contributed by atoms with E-state index in [4.69, 9.17) is 0 Å². The van der Waals surface area contributed by atoms with Crippen LogP contribution in [-0.2, 0) is 0 Å². The van der Waals surface area contributed by atoms with Crippen LogP contribution in [0.2, 0.25) is 0 Å². The second kappa shape index (κ2) is 5.50. The van der Waals surface area contributed by atoms with Crippen molar-refractivity contribution < 1.29 is 13.7 Å².